The third kappa shape index (κ3) is 5.14. The summed E-state index contributed by atoms with van der Waals surface area (Å²) in [6, 6.07) is 0. The van der Waals surface area contributed by atoms with E-state index in [9.17, 15) is 4.79 Å². The summed E-state index contributed by atoms with van der Waals surface area (Å²) in [5.74, 6) is -0.822. The van der Waals surface area contributed by atoms with Crippen molar-refractivity contribution in [3.63, 3.8) is 0 Å². The van der Waals surface area contributed by atoms with Crippen LogP contribution in [0.15, 0.2) is 0 Å². The summed E-state index contributed by atoms with van der Waals surface area (Å²) in [6.45, 7) is 8.75. The Kier molecular flexibility index (Phi) is 6.52. The van der Waals surface area contributed by atoms with E-state index in [0.29, 0.717) is 19.6 Å². The predicted molar refractivity (Wildman–Crippen MR) is 60.0 cm³/mol. The molecule has 0 aliphatic heterocycles. The molecular formula is C11H23NO3. The van der Waals surface area contributed by atoms with Crippen molar-refractivity contribution in [1.82, 2.24) is 5.32 Å². The van der Waals surface area contributed by atoms with Crippen LogP contribution < -0.4 is 5.32 Å². The number of hydrogen-bond donors (Lipinski definition) is 2. The van der Waals surface area contributed by atoms with E-state index < -0.39 is 11.5 Å². The number of hydrogen-bond acceptors (Lipinski definition) is 3. The van der Waals surface area contributed by atoms with Crippen molar-refractivity contribution in [2.75, 3.05) is 13.2 Å². The molecule has 0 spiro atoms. The lowest BCUT2D eigenvalue weighted by atomic mass is 9.98. The van der Waals surface area contributed by atoms with Gasteiger partial charge in [0.05, 0.1) is 6.10 Å². The summed E-state index contributed by atoms with van der Waals surface area (Å²) in [5.41, 5.74) is -0.873. The highest BCUT2D eigenvalue weighted by Crippen LogP contribution is 2.11. The van der Waals surface area contributed by atoms with Gasteiger partial charge in [-0.1, -0.05) is 13.8 Å². The zero-order valence-electron chi connectivity index (χ0n) is 10.2. The van der Waals surface area contributed by atoms with Crippen LogP contribution in [-0.2, 0) is 9.53 Å². The summed E-state index contributed by atoms with van der Waals surface area (Å²) < 4.78 is 5.48. The molecule has 2 atom stereocenters. The van der Waals surface area contributed by atoms with Crippen LogP contribution in [0.5, 0.6) is 0 Å². The van der Waals surface area contributed by atoms with Crippen molar-refractivity contribution < 1.29 is 14.6 Å². The van der Waals surface area contributed by atoms with E-state index in [1.54, 1.807) is 6.92 Å². The van der Waals surface area contributed by atoms with E-state index in [1.165, 1.54) is 0 Å². The molecule has 4 nitrogen and oxygen atoms in total. The maximum atomic E-state index is 11.0. The second-order valence-corrected chi connectivity index (χ2v) is 4.01. The van der Waals surface area contributed by atoms with Gasteiger partial charge in [0.1, 0.15) is 5.54 Å². The normalized spacial score (nSPS) is 17.1. The van der Waals surface area contributed by atoms with E-state index in [4.69, 9.17) is 9.84 Å². The average Bonchev–Trinajstić information content (AvgIpc) is 2.17. The Labute approximate surface area is 92.0 Å². The zero-order chi connectivity index (χ0) is 11.9. The number of aliphatic carboxylic acids is 1. The fourth-order valence-electron chi connectivity index (χ4n) is 1.24. The molecule has 2 unspecified atom stereocenters. The largest absolute Gasteiger partial charge is 0.480 e. The van der Waals surface area contributed by atoms with Gasteiger partial charge in [-0.2, -0.15) is 0 Å². The highest BCUT2D eigenvalue weighted by atomic mass is 16.5. The molecule has 15 heavy (non-hydrogen) atoms. The minimum atomic E-state index is -0.873. The fraction of sp³-hybridized carbons (Fsp3) is 0.909. The van der Waals surface area contributed by atoms with Crippen molar-refractivity contribution in [3.8, 4) is 0 Å². The summed E-state index contributed by atoms with van der Waals surface area (Å²) >= 11 is 0. The highest BCUT2D eigenvalue weighted by Gasteiger charge is 2.31. The van der Waals surface area contributed by atoms with Gasteiger partial charge in [0.2, 0.25) is 0 Å². The Morgan fingerprint density at radius 3 is 2.53 bits per heavy atom. The minimum Gasteiger partial charge on any atom is -0.480 e. The van der Waals surface area contributed by atoms with Crippen molar-refractivity contribution in [3.05, 3.63) is 0 Å². The molecule has 0 aliphatic carbocycles. The quantitative estimate of drug-likeness (QED) is 0.649. The fourth-order valence-corrected chi connectivity index (χ4v) is 1.24. The zero-order valence-corrected chi connectivity index (χ0v) is 10.2. The smallest absolute Gasteiger partial charge is 0.323 e. The summed E-state index contributed by atoms with van der Waals surface area (Å²) in [6.07, 6.45) is 1.63. The van der Waals surface area contributed by atoms with Crippen LogP contribution in [0, 0.1) is 0 Å². The second-order valence-electron chi connectivity index (χ2n) is 4.01. The predicted octanol–water partition coefficient (Wildman–Crippen LogP) is 1.64. The molecule has 4 heteroatoms. The van der Waals surface area contributed by atoms with Crippen molar-refractivity contribution in [2.45, 2.75) is 52.2 Å². The highest BCUT2D eigenvalue weighted by molar-refractivity contribution is 5.78. The molecule has 0 fully saturated rings. The molecule has 0 aromatic heterocycles. The molecule has 0 aromatic rings. The lowest BCUT2D eigenvalue weighted by Crippen LogP contribution is -2.50. The third-order valence-electron chi connectivity index (χ3n) is 2.62. The van der Waals surface area contributed by atoms with Gasteiger partial charge in [0.25, 0.3) is 0 Å². The first-order chi connectivity index (χ1) is 6.96. The molecule has 0 saturated heterocycles. The maximum absolute atomic E-state index is 11.0. The van der Waals surface area contributed by atoms with E-state index in [-0.39, 0.29) is 6.10 Å². The molecule has 0 radical (unpaired) electrons. The van der Waals surface area contributed by atoms with Gasteiger partial charge in [0, 0.05) is 6.61 Å². The van der Waals surface area contributed by atoms with Gasteiger partial charge in [-0.15, -0.1) is 0 Å². The van der Waals surface area contributed by atoms with Gasteiger partial charge < -0.3 is 15.2 Å². The van der Waals surface area contributed by atoms with Gasteiger partial charge >= 0.3 is 5.97 Å². The average molecular weight is 217 g/mol. The number of carboxylic acid groups (broad SMARTS) is 1. The van der Waals surface area contributed by atoms with E-state index in [2.05, 4.69) is 5.32 Å². The monoisotopic (exact) mass is 217 g/mol. The van der Waals surface area contributed by atoms with Crippen LogP contribution in [0.2, 0.25) is 0 Å². The standard InChI is InChI=1S/C11H23NO3/c1-5-9(3)15-8-7-11(4,10(13)14)12-6-2/h9,12H,5-8H2,1-4H3,(H,13,14). The molecular weight excluding hydrogens is 194 g/mol. The molecule has 0 heterocycles. The van der Waals surface area contributed by atoms with E-state index in [0.717, 1.165) is 6.42 Å². The Bertz CT molecular complexity index is 196. The first kappa shape index (κ1) is 14.4. The number of ether oxygens (including phenoxy) is 1. The lowest BCUT2D eigenvalue weighted by Gasteiger charge is -2.26. The Hall–Kier alpha value is -0.610. The van der Waals surface area contributed by atoms with Crippen molar-refractivity contribution in [1.29, 1.82) is 0 Å². The molecule has 0 aliphatic rings. The number of carboxylic acids is 1. The van der Waals surface area contributed by atoms with Crippen LogP contribution in [0.25, 0.3) is 0 Å². The molecule has 0 aromatic carbocycles. The summed E-state index contributed by atoms with van der Waals surface area (Å²) in [7, 11) is 0. The van der Waals surface area contributed by atoms with Crippen molar-refractivity contribution in [2.24, 2.45) is 0 Å². The van der Waals surface area contributed by atoms with Crippen LogP contribution in [0.1, 0.15) is 40.5 Å². The first-order valence-electron chi connectivity index (χ1n) is 5.56. The molecule has 90 valence electrons. The number of carbonyl (C=O) groups is 1. The van der Waals surface area contributed by atoms with E-state index >= 15 is 0 Å². The molecule has 0 bridgehead atoms. The topological polar surface area (TPSA) is 58.6 Å². The summed E-state index contributed by atoms with van der Waals surface area (Å²) in [4.78, 5) is 11.0. The van der Waals surface area contributed by atoms with Gasteiger partial charge in [-0.3, -0.25) is 4.79 Å². The minimum absolute atomic E-state index is 0.199. The molecule has 0 saturated carbocycles. The lowest BCUT2D eigenvalue weighted by molar-refractivity contribution is -0.145. The number of likely N-dealkylation sites (N-methyl/N-ethyl adjacent to an activating group) is 1. The molecule has 0 rings (SSSR count). The third-order valence-corrected chi connectivity index (χ3v) is 2.62. The molecule has 0 amide bonds. The van der Waals surface area contributed by atoms with Crippen LogP contribution >= 0.6 is 0 Å². The van der Waals surface area contributed by atoms with Crippen molar-refractivity contribution >= 4 is 5.97 Å². The molecule has 2 N–H and O–H groups in total. The maximum Gasteiger partial charge on any atom is 0.323 e. The Balaban J connectivity index is 4.02. The number of nitrogens with one attached hydrogen (secondary N) is 1. The van der Waals surface area contributed by atoms with Crippen LogP contribution in [0.4, 0.5) is 0 Å². The second kappa shape index (κ2) is 6.80. The van der Waals surface area contributed by atoms with E-state index in [1.807, 2.05) is 20.8 Å². The summed E-state index contributed by atoms with van der Waals surface area (Å²) in [5, 5.41) is 12.0. The van der Waals surface area contributed by atoms with Crippen LogP contribution in [0.3, 0.4) is 0 Å². The SMILES string of the molecule is CCNC(C)(CCOC(C)CC)C(=O)O. The first-order valence-corrected chi connectivity index (χ1v) is 5.56. The van der Waals surface area contributed by atoms with Gasteiger partial charge in [-0.25, -0.2) is 0 Å². The Morgan fingerprint density at radius 2 is 2.13 bits per heavy atom. The Morgan fingerprint density at radius 1 is 1.53 bits per heavy atom. The van der Waals surface area contributed by atoms with Crippen LogP contribution in [-0.4, -0.2) is 35.9 Å². The van der Waals surface area contributed by atoms with Gasteiger partial charge in [-0.05, 0) is 33.2 Å². The van der Waals surface area contributed by atoms with Gasteiger partial charge in [0.15, 0.2) is 0 Å². The number of rotatable bonds is 8.